The summed E-state index contributed by atoms with van der Waals surface area (Å²) in [7, 11) is 0. The highest BCUT2D eigenvalue weighted by atomic mass is 16.5. The van der Waals surface area contributed by atoms with E-state index in [1.165, 1.54) is 12.0 Å². The standard InChI is InChI=1S/C16H24N2O2/c1-3-4-11-19-13-10-18-14(2)15-5-7-16(8-6-15)20-12-9-17/h5-8,14,18H,3-4,10-13H2,1-2H3. The van der Waals surface area contributed by atoms with Crippen LogP contribution in [-0.2, 0) is 4.74 Å². The van der Waals surface area contributed by atoms with Gasteiger partial charge in [-0.2, -0.15) is 5.26 Å². The van der Waals surface area contributed by atoms with Gasteiger partial charge in [0.2, 0.25) is 0 Å². The summed E-state index contributed by atoms with van der Waals surface area (Å²) < 4.78 is 10.7. The smallest absolute Gasteiger partial charge is 0.174 e. The molecule has 1 unspecified atom stereocenters. The Morgan fingerprint density at radius 3 is 2.65 bits per heavy atom. The second-order valence-corrected chi connectivity index (χ2v) is 4.66. The van der Waals surface area contributed by atoms with Gasteiger partial charge in [0.05, 0.1) is 6.61 Å². The fourth-order valence-corrected chi connectivity index (χ4v) is 1.78. The molecule has 0 bridgehead atoms. The maximum Gasteiger partial charge on any atom is 0.174 e. The average molecular weight is 276 g/mol. The fourth-order valence-electron chi connectivity index (χ4n) is 1.78. The number of unbranched alkanes of at least 4 members (excludes halogenated alkanes) is 1. The van der Waals surface area contributed by atoms with Crippen LogP contribution in [0.4, 0.5) is 0 Å². The zero-order valence-electron chi connectivity index (χ0n) is 12.4. The molecular weight excluding hydrogens is 252 g/mol. The molecule has 0 amide bonds. The van der Waals surface area contributed by atoms with Crippen molar-refractivity contribution in [3.8, 4) is 11.8 Å². The van der Waals surface area contributed by atoms with E-state index >= 15 is 0 Å². The van der Waals surface area contributed by atoms with Crippen LogP contribution in [0.5, 0.6) is 5.75 Å². The molecule has 0 saturated heterocycles. The summed E-state index contributed by atoms with van der Waals surface area (Å²) in [6, 6.07) is 10.0. The minimum absolute atomic E-state index is 0.0856. The van der Waals surface area contributed by atoms with E-state index in [1.807, 2.05) is 30.3 Å². The van der Waals surface area contributed by atoms with Crippen LogP contribution in [0.3, 0.4) is 0 Å². The third-order valence-corrected chi connectivity index (χ3v) is 3.02. The first-order valence-electron chi connectivity index (χ1n) is 7.18. The number of nitriles is 1. The molecule has 1 aromatic carbocycles. The first-order valence-corrected chi connectivity index (χ1v) is 7.18. The largest absolute Gasteiger partial charge is 0.479 e. The number of benzene rings is 1. The van der Waals surface area contributed by atoms with Gasteiger partial charge in [0.15, 0.2) is 6.61 Å². The molecule has 4 nitrogen and oxygen atoms in total. The Bertz CT molecular complexity index is 398. The van der Waals surface area contributed by atoms with Gasteiger partial charge in [-0.3, -0.25) is 0 Å². The summed E-state index contributed by atoms with van der Waals surface area (Å²) in [5.74, 6) is 0.727. The van der Waals surface area contributed by atoms with Gasteiger partial charge in [-0.15, -0.1) is 0 Å². The normalized spacial score (nSPS) is 11.8. The van der Waals surface area contributed by atoms with Crippen LogP contribution in [0.25, 0.3) is 0 Å². The van der Waals surface area contributed by atoms with E-state index in [0.717, 1.165) is 31.9 Å². The van der Waals surface area contributed by atoms with Crippen molar-refractivity contribution in [2.24, 2.45) is 0 Å². The van der Waals surface area contributed by atoms with E-state index in [0.29, 0.717) is 0 Å². The fraction of sp³-hybridized carbons (Fsp3) is 0.562. The molecule has 0 fully saturated rings. The van der Waals surface area contributed by atoms with E-state index in [-0.39, 0.29) is 12.6 Å². The number of hydrogen-bond acceptors (Lipinski definition) is 4. The molecule has 0 heterocycles. The highest BCUT2D eigenvalue weighted by molar-refractivity contribution is 5.29. The molecule has 0 aliphatic carbocycles. The zero-order chi connectivity index (χ0) is 14.6. The summed E-state index contributed by atoms with van der Waals surface area (Å²) in [6.07, 6.45) is 2.30. The minimum Gasteiger partial charge on any atom is -0.479 e. The predicted molar refractivity (Wildman–Crippen MR) is 79.7 cm³/mol. The number of nitrogens with zero attached hydrogens (tertiary/aromatic N) is 1. The predicted octanol–water partition coefficient (Wildman–Crippen LogP) is 3.06. The summed E-state index contributed by atoms with van der Waals surface area (Å²) in [5.41, 5.74) is 1.20. The topological polar surface area (TPSA) is 54.3 Å². The van der Waals surface area contributed by atoms with Gasteiger partial charge >= 0.3 is 0 Å². The van der Waals surface area contributed by atoms with Gasteiger partial charge < -0.3 is 14.8 Å². The van der Waals surface area contributed by atoms with Crippen LogP contribution in [0, 0.1) is 11.3 Å². The molecule has 110 valence electrons. The molecule has 20 heavy (non-hydrogen) atoms. The Kier molecular flexibility index (Phi) is 8.44. The molecule has 0 radical (unpaired) electrons. The number of hydrogen-bond donors (Lipinski definition) is 1. The van der Waals surface area contributed by atoms with Crippen molar-refractivity contribution in [1.82, 2.24) is 5.32 Å². The highest BCUT2D eigenvalue weighted by Gasteiger charge is 2.04. The molecule has 1 rings (SSSR count). The van der Waals surface area contributed by atoms with E-state index in [4.69, 9.17) is 14.7 Å². The highest BCUT2D eigenvalue weighted by Crippen LogP contribution is 2.17. The van der Waals surface area contributed by atoms with E-state index in [1.54, 1.807) is 0 Å². The summed E-state index contributed by atoms with van der Waals surface area (Å²) in [5, 5.41) is 11.9. The van der Waals surface area contributed by atoms with Crippen molar-refractivity contribution in [2.75, 3.05) is 26.4 Å². The van der Waals surface area contributed by atoms with Crippen molar-refractivity contribution in [3.05, 3.63) is 29.8 Å². The van der Waals surface area contributed by atoms with Crippen LogP contribution in [0.1, 0.15) is 38.3 Å². The lowest BCUT2D eigenvalue weighted by Crippen LogP contribution is -2.23. The lowest BCUT2D eigenvalue weighted by Gasteiger charge is -2.14. The third kappa shape index (κ3) is 6.55. The van der Waals surface area contributed by atoms with Gasteiger partial charge in [-0.05, 0) is 31.0 Å². The summed E-state index contributed by atoms with van der Waals surface area (Å²) in [4.78, 5) is 0. The monoisotopic (exact) mass is 276 g/mol. The summed E-state index contributed by atoms with van der Waals surface area (Å²) >= 11 is 0. The molecule has 4 heteroatoms. The Balaban J connectivity index is 2.25. The maximum atomic E-state index is 8.45. The van der Waals surface area contributed by atoms with E-state index in [9.17, 15) is 0 Å². The molecule has 0 aliphatic heterocycles. The Morgan fingerprint density at radius 1 is 1.25 bits per heavy atom. The van der Waals surface area contributed by atoms with Crippen molar-refractivity contribution >= 4 is 0 Å². The van der Waals surface area contributed by atoms with Gasteiger partial charge in [0.1, 0.15) is 11.8 Å². The molecule has 1 aromatic rings. The lowest BCUT2D eigenvalue weighted by molar-refractivity contribution is 0.131. The molecule has 0 spiro atoms. The second-order valence-electron chi connectivity index (χ2n) is 4.66. The molecule has 1 N–H and O–H groups in total. The van der Waals surface area contributed by atoms with Gasteiger partial charge in [-0.25, -0.2) is 0 Å². The Morgan fingerprint density at radius 2 is 2.00 bits per heavy atom. The average Bonchev–Trinajstić information content (AvgIpc) is 2.49. The van der Waals surface area contributed by atoms with Crippen LogP contribution in [0.15, 0.2) is 24.3 Å². The SMILES string of the molecule is CCCCOCCNC(C)c1ccc(OCC#N)cc1. The van der Waals surface area contributed by atoms with Crippen LogP contribution >= 0.6 is 0 Å². The van der Waals surface area contributed by atoms with Crippen LogP contribution in [-0.4, -0.2) is 26.4 Å². The van der Waals surface area contributed by atoms with Gasteiger partial charge in [0, 0.05) is 19.2 Å². The maximum absolute atomic E-state index is 8.45. The number of rotatable bonds is 10. The molecule has 0 aromatic heterocycles. The third-order valence-electron chi connectivity index (χ3n) is 3.02. The van der Waals surface area contributed by atoms with Gasteiger partial charge in [-0.1, -0.05) is 25.5 Å². The molecule has 0 aliphatic rings. The van der Waals surface area contributed by atoms with Crippen LogP contribution < -0.4 is 10.1 Å². The first-order chi connectivity index (χ1) is 9.77. The van der Waals surface area contributed by atoms with E-state index < -0.39 is 0 Å². The van der Waals surface area contributed by atoms with Crippen molar-refractivity contribution in [3.63, 3.8) is 0 Å². The second kappa shape index (κ2) is 10.2. The van der Waals surface area contributed by atoms with E-state index in [2.05, 4.69) is 19.2 Å². The summed E-state index contributed by atoms with van der Waals surface area (Å²) in [6.45, 7) is 6.80. The van der Waals surface area contributed by atoms with Crippen LogP contribution in [0.2, 0.25) is 0 Å². The first kappa shape index (κ1) is 16.5. The quantitative estimate of drug-likeness (QED) is 0.667. The molecule has 1 atom stereocenters. The van der Waals surface area contributed by atoms with Crippen molar-refractivity contribution in [1.29, 1.82) is 5.26 Å². The zero-order valence-corrected chi connectivity index (χ0v) is 12.4. The minimum atomic E-state index is 0.0856. The van der Waals surface area contributed by atoms with Gasteiger partial charge in [0.25, 0.3) is 0 Å². The molecule has 0 saturated carbocycles. The van der Waals surface area contributed by atoms with Crippen molar-refractivity contribution < 1.29 is 9.47 Å². The Hall–Kier alpha value is -1.57. The lowest BCUT2D eigenvalue weighted by atomic mass is 10.1. The number of ether oxygens (including phenoxy) is 2. The molecular formula is C16H24N2O2. The number of nitrogens with one attached hydrogen (secondary N) is 1. The Labute approximate surface area is 121 Å². The van der Waals surface area contributed by atoms with Crippen molar-refractivity contribution in [2.45, 2.75) is 32.7 Å².